The quantitative estimate of drug-likeness (QED) is 0.804. The van der Waals surface area contributed by atoms with Crippen molar-refractivity contribution in [3.8, 4) is 0 Å². The Balaban J connectivity index is 2.18. The Kier molecular flexibility index (Phi) is 4.53. The summed E-state index contributed by atoms with van der Waals surface area (Å²) in [5, 5.41) is 5.30. The van der Waals surface area contributed by atoms with Crippen molar-refractivity contribution in [1.29, 1.82) is 0 Å². The number of carbonyl (C=O) groups excluding carboxylic acids is 3. The summed E-state index contributed by atoms with van der Waals surface area (Å²) in [4.78, 5) is 34.4. The maximum atomic E-state index is 12.3. The highest BCUT2D eigenvalue weighted by Gasteiger charge is 2.12. The lowest BCUT2D eigenvalue weighted by molar-refractivity contribution is -0.114. The van der Waals surface area contributed by atoms with Gasteiger partial charge < -0.3 is 16.4 Å². The number of nitrogens with two attached hydrogens (primary N) is 1. The van der Waals surface area contributed by atoms with Gasteiger partial charge in [0.1, 0.15) is 0 Å². The number of para-hydroxylation sites is 1. The molecule has 3 amide bonds. The first-order chi connectivity index (χ1) is 10.5. The van der Waals surface area contributed by atoms with E-state index in [1.54, 1.807) is 36.4 Å². The Morgan fingerprint density at radius 3 is 2.14 bits per heavy atom. The van der Waals surface area contributed by atoms with E-state index in [1.807, 2.05) is 0 Å². The minimum Gasteiger partial charge on any atom is -0.366 e. The fourth-order valence-electron chi connectivity index (χ4n) is 1.90. The second-order valence-corrected chi connectivity index (χ2v) is 4.62. The van der Waals surface area contributed by atoms with Gasteiger partial charge in [-0.25, -0.2) is 0 Å². The smallest absolute Gasteiger partial charge is 0.257 e. The van der Waals surface area contributed by atoms with Crippen molar-refractivity contribution in [2.24, 2.45) is 5.73 Å². The van der Waals surface area contributed by atoms with Crippen LogP contribution in [0.4, 0.5) is 11.4 Å². The zero-order valence-electron chi connectivity index (χ0n) is 11.9. The second-order valence-electron chi connectivity index (χ2n) is 4.62. The molecule has 0 saturated carbocycles. The number of nitrogens with one attached hydrogen (secondary N) is 2. The summed E-state index contributed by atoms with van der Waals surface area (Å²) in [6.45, 7) is 1.37. The van der Waals surface area contributed by atoms with Crippen molar-refractivity contribution in [3.05, 3.63) is 59.7 Å². The van der Waals surface area contributed by atoms with Crippen LogP contribution in [0.5, 0.6) is 0 Å². The molecule has 0 radical (unpaired) electrons. The molecule has 0 aromatic heterocycles. The standard InChI is InChI=1S/C16H15N3O3/c1-10(20)18-14-5-3-2-4-13(14)16(22)19-12-8-6-11(7-9-12)15(17)21/h2-9H,1H3,(H2,17,21)(H,18,20)(H,19,22). The van der Waals surface area contributed by atoms with E-state index in [2.05, 4.69) is 10.6 Å². The number of hydrogen-bond acceptors (Lipinski definition) is 3. The molecule has 0 aliphatic heterocycles. The summed E-state index contributed by atoms with van der Waals surface area (Å²) >= 11 is 0. The molecule has 0 spiro atoms. The van der Waals surface area contributed by atoms with Gasteiger partial charge in [0.15, 0.2) is 0 Å². The monoisotopic (exact) mass is 297 g/mol. The summed E-state index contributed by atoms with van der Waals surface area (Å²) in [5.41, 5.74) is 6.81. The molecule has 0 aliphatic rings. The number of amides is 3. The number of benzene rings is 2. The van der Waals surface area contributed by atoms with Crippen LogP contribution in [0.2, 0.25) is 0 Å². The van der Waals surface area contributed by atoms with E-state index >= 15 is 0 Å². The Hall–Kier alpha value is -3.15. The molecule has 4 N–H and O–H groups in total. The normalized spacial score (nSPS) is 9.86. The molecule has 0 aliphatic carbocycles. The highest BCUT2D eigenvalue weighted by atomic mass is 16.2. The van der Waals surface area contributed by atoms with Crippen LogP contribution in [0.1, 0.15) is 27.6 Å². The Morgan fingerprint density at radius 2 is 1.55 bits per heavy atom. The molecule has 0 fully saturated rings. The first kappa shape index (κ1) is 15.2. The van der Waals surface area contributed by atoms with Gasteiger partial charge in [-0.15, -0.1) is 0 Å². The number of hydrogen-bond donors (Lipinski definition) is 3. The molecule has 0 bridgehead atoms. The predicted octanol–water partition coefficient (Wildman–Crippen LogP) is 2.00. The number of anilines is 2. The number of carbonyl (C=O) groups is 3. The van der Waals surface area contributed by atoms with E-state index < -0.39 is 5.91 Å². The fourth-order valence-corrected chi connectivity index (χ4v) is 1.90. The molecular weight excluding hydrogens is 282 g/mol. The van der Waals surface area contributed by atoms with Crippen LogP contribution < -0.4 is 16.4 Å². The molecule has 0 atom stereocenters. The Labute approximate surface area is 127 Å². The van der Waals surface area contributed by atoms with Crippen LogP contribution in [0.3, 0.4) is 0 Å². The van der Waals surface area contributed by atoms with Crippen molar-refractivity contribution < 1.29 is 14.4 Å². The van der Waals surface area contributed by atoms with Crippen LogP contribution in [-0.4, -0.2) is 17.7 Å². The lowest BCUT2D eigenvalue weighted by atomic mass is 10.1. The van der Waals surface area contributed by atoms with Crippen molar-refractivity contribution in [1.82, 2.24) is 0 Å². The molecule has 6 nitrogen and oxygen atoms in total. The van der Waals surface area contributed by atoms with E-state index in [0.29, 0.717) is 22.5 Å². The van der Waals surface area contributed by atoms with Gasteiger partial charge in [-0.2, -0.15) is 0 Å². The molecule has 22 heavy (non-hydrogen) atoms. The fraction of sp³-hybridized carbons (Fsp3) is 0.0625. The highest BCUT2D eigenvalue weighted by Crippen LogP contribution is 2.17. The van der Waals surface area contributed by atoms with Gasteiger partial charge in [-0.3, -0.25) is 14.4 Å². The van der Waals surface area contributed by atoms with Crippen LogP contribution in [0.15, 0.2) is 48.5 Å². The van der Waals surface area contributed by atoms with Crippen LogP contribution >= 0.6 is 0 Å². The molecule has 0 saturated heterocycles. The lowest BCUT2D eigenvalue weighted by Gasteiger charge is -2.10. The molecule has 2 aromatic rings. The number of rotatable bonds is 4. The minimum absolute atomic E-state index is 0.258. The van der Waals surface area contributed by atoms with Crippen molar-refractivity contribution >= 4 is 29.1 Å². The van der Waals surface area contributed by atoms with Crippen LogP contribution in [-0.2, 0) is 4.79 Å². The molecular formula is C16H15N3O3. The van der Waals surface area contributed by atoms with Gasteiger partial charge in [-0.05, 0) is 36.4 Å². The third-order valence-electron chi connectivity index (χ3n) is 2.91. The van der Waals surface area contributed by atoms with Crippen molar-refractivity contribution in [3.63, 3.8) is 0 Å². The van der Waals surface area contributed by atoms with Gasteiger partial charge in [0.2, 0.25) is 11.8 Å². The summed E-state index contributed by atoms with van der Waals surface area (Å²) in [6.07, 6.45) is 0. The maximum absolute atomic E-state index is 12.3. The molecule has 112 valence electrons. The topological polar surface area (TPSA) is 101 Å². The van der Waals surface area contributed by atoms with Crippen LogP contribution in [0.25, 0.3) is 0 Å². The van der Waals surface area contributed by atoms with Gasteiger partial charge in [0, 0.05) is 18.2 Å². The lowest BCUT2D eigenvalue weighted by Crippen LogP contribution is -2.16. The molecule has 6 heteroatoms. The summed E-state index contributed by atoms with van der Waals surface area (Å²) in [7, 11) is 0. The van der Waals surface area contributed by atoms with E-state index in [4.69, 9.17) is 5.73 Å². The molecule has 2 aromatic carbocycles. The average molecular weight is 297 g/mol. The summed E-state index contributed by atoms with van der Waals surface area (Å²) in [6, 6.07) is 12.9. The van der Waals surface area contributed by atoms with Crippen molar-refractivity contribution in [2.45, 2.75) is 6.92 Å². The van der Waals surface area contributed by atoms with E-state index in [-0.39, 0.29) is 11.8 Å². The van der Waals surface area contributed by atoms with E-state index in [0.717, 1.165) is 0 Å². The van der Waals surface area contributed by atoms with E-state index in [1.165, 1.54) is 19.1 Å². The first-order valence-electron chi connectivity index (χ1n) is 6.55. The average Bonchev–Trinajstić information content (AvgIpc) is 2.47. The van der Waals surface area contributed by atoms with Crippen LogP contribution in [0, 0.1) is 0 Å². The zero-order chi connectivity index (χ0) is 16.1. The van der Waals surface area contributed by atoms with Gasteiger partial charge in [-0.1, -0.05) is 12.1 Å². The zero-order valence-corrected chi connectivity index (χ0v) is 11.9. The Morgan fingerprint density at radius 1 is 0.909 bits per heavy atom. The largest absolute Gasteiger partial charge is 0.366 e. The molecule has 2 rings (SSSR count). The van der Waals surface area contributed by atoms with Crippen molar-refractivity contribution in [2.75, 3.05) is 10.6 Å². The molecule has 0 heterocycles. The highest BCUT2D eigenvalue weighted by molar-refractivity contribution is 6.10. The third kappa shape index (κ3) is 3.69. The Bertz CT molecular complexity index is 724. The third-order valence-corrected chi connectivity index (χ3v) is 2.91. The first-order valence-corrected chi connectivity index (χ1v) is 6.55. The minimum atomic E-state index is -0.533. The second kappa shape index (κ2) is 6.53. The predicted molar refractivity (Wildman–Crippen MR) is 83.7 cm³/mol. The maximum Gasteiger partial charge on any atom is 0.257 e. The summed E-state index contributed by atoms with van der Waals surface area (Å²) < 4.78 is 0. The van der Waals surface area contributed by atoms with Gasteiger partial charge in [0.25, 0.3) is 5.91 Å². The molecule has 0 unspecified atom stereocenters. The summed E-state index contributed by atoms with van der Waals surface area (Å²) in [5.74, 6) is -1.16. The SMILES string of the molecule is CC(=O)Nc1ccccc1C(=O)Nc1ccc(C(N)=O)cc1. The van der Waals surface area contributed by atoms with E-state index in [9.17, 15) is 14.4 Å². The van der Waals surface area contributed by atoms with Gasteiger partial charge in [0.05, 0.1) is 11.3 Å². The van der Waals surface area contributed by atoms with Gasteiger partial charge >= 0.3 is 0 Å². The number of primary amides is 1.